The van der Waals surface area contributed by atoms with Gasteiger partial charge in [-0.15, -0.1) is 0 Å². The molecule has 0 saturated heterocycles. The lowest BCUT2D eigenvalue weighted by Gasteiger charge is -2.09. The smallest absolute Gasteiger partial charge is 0.232 e. The molecular formula is C11H8Br2N2O2. The lowest BCUT2D eigenvalue weighted by Crippen LogP contribution is -2.01. The van der Waals surface area contributed by atoms with Crippen LogP contribution >= 0.6 is 31.9 Å². The highest BCUT2D eigenvalue weighted by Gasteiger charge is 2.18. The Morgan fingerprint density at radius 2 is 2.24 bits per heavy atom. The van der Waals surface area contributed by atoms with Gasteiger partial charge in [-0.2, -0.15) is 0 Å². The summed E-state index contributed by atoms with van der Waals surface area (Å²) in [5.74, 6) is 0.423. The number of para-hydroxylation sites is 1. The first kappa shape index (κ1) is 12.4. The van der Waals surface area contributed by atoms with Gasteiger partial charge in [-0.05, 0) is 22.0 Å². The predicted octanol–water partition coefficient (Wildman–Crippen LogP) is 3.00. The van der Waals surface area contributed by atoms with Crippen molar-refractivity contribution >= 4 is 47.6 Å². The van der Waals surface area contributed by atoms with Crippen LogP contribution < -0.4 is 4.74 Å². The molecule has 2 rings (SSSR count). The van der Waals surface area contributed by atoms with Crippen LogP contribution in [0.15, 0.2) is 24.4 Å². The highest BCUT2D eigenvalue weighted by molar-refractivity contribution is 9.19. The topological polar surface area (TPSA) is 52.1 Å². The van der Waals surface area contributed by atoms with Crippen LogP contribution in [-0.4, -0.2) is 21.8 Å². The average molecular weight is 360 g/mol. The van der Waals surface area contributed by atoms with Gasteiger partial charge in [0.1, 0.15) is 4.83 Å². The maximum Gasteiger partial charge on any atom is 0.232 e. The second-order valence-electron chi connectivity index (χ2n) is 3.29. The first-order valence-electron chi connectivity index (χ1n) is 4.76. The Morgan fingerprint density at radius 3 is 2.88 bits per heavy atom. The van der Waals surface area contributed by atoms with Gasteiger partial charge in [0.05, 0.1) is 24.3 Å². The number of alkyl halides is 1. The molecule has 0 aliphatic carbocycles. The second-order valence-corrected chi connectivity index (χ2v) is 4.99. The molecule has 17 heavy (non-hydrogen) atoms. The number of hydrogen-bond donors (Lipinski definition) is 0. The predicted molar refractivity (Wildman–Crippen MR) is 71.7 cm³/mol. The maximum atomic E-state index is 11.3. The summed E-state index contributed by atoms with van der Waals surface area (Å²) >= 11 is 6.25. The number of hydrogen-bond acceptors (Lipinski definition) is 4. The summed E-state index contributed by atoms with van der Waals surface area (Å²) in [5, 5.41) is 0. The SMILES string of the molecule is COc1cnc2cccc(C(Br)C(=O)Br)c2n1. The number of carbonyl (C=O) groups excluding carboxylic acids is 1. The van der Waals surface area contributed by atoms with Crippen molar-refractivity contribution in [2.45, 2.75) is 4.83 Å². The lowest BCUT2D eigenvalue weighted by molar-refractivity contribution is -0.109. The Kier molecular flexibility index (Phi) is 3.73. The molecule has 1 atom stereocenters. The number of carbonyl (C=O) groups is 1. The molecule has 1 unspecified atom stereocenters. The zero-order valence-corrected chi connectivity index (χ0v) is 12.0. The molecule has 0 amide bonds. The van der Waals surface area contributed by atoms with Crippen molar-refractivity contribution in [3.05, 3.63) is 30.0 Å². The highest BCUT2D eigenvalue weighted by Crippen LogP contribution is 2.31. The fraction of sp³-hybridized carbons (Fsp3) is 0.182. The Balaban J connectivity index is 2.66. The largest absolute Gasteiger partial charge is 0.480 e. The number of benzene rings is 1. The van der Waals surface area contributed by atoms with Crippen LogP contribution in [0.25, 0.3) is 11.0 Å². The van der Waals surface area contributed by atoms with E-state index in [0.29, 0.717) is 11.4 Å². The van der Waals surface area contributed by atoms with Crippen LogP contribution in [-0.2, 0) is 4.79 Å². The fourth-order valence-corrected chi connectivity index (χ4v) is 2.08. The van der Waals surface area contributed by atoms with Crippen molar-refractivity contribution in [1.29, 1.82) is 0 Å². The number of methoxy groups -OCH3 is 1. The summed E-state index contributed by atoms with van der Waals surface area (Å²) in [4.78, 5) is 19.4. The molecule has 0 fully saturated rings. The third kappa shape index (κ3) is 2.47. The minimum atomic E-state index is -0.451. The zero-order valence-electron chi connectivity index (χ0n) is 8.85. The fourth-order valence-electron chi connectivity index (χ4n) is 1.46. The number of ether oxygens (including phenoxy) is 1. The normalized spacial score (nSPS) is 12.4. The van der Waals surface area contributed by atoms with Crippen LogP contribution in [0.5, 0.6) is 5.88 Å². The van der Waals surface area contributed by atoms with Crippen LogP contribution in [0, 0.1) is 0 Å². The van der Waals surface area contributed by atoms with Crippen molar-refractivity contribution in [3.63, 3.8) is 0 Å². The Labute approximate surface area is 115 Å². The minimum Gasteiger partial charge on any atom is -0.480 e. The number of halogens is 2. The number of fused-ring (bicyclic) bond motifs is 1. The van der Waals surface area contributed by atoms with E-state index >= 15 is 0 Å². The molecular weight excluding hydrogens is 352 g/mol. The second kappa shape index (κ2) is 5.10. The lowest BCUT2D eigenvalue weighted by atomic mass is 10.1. The van der Waals surface area contributed by atoms with Crippen LogP contribution in [0.3, 0.4) is 0 Å². The van der Waals surface area contributed by atoms with E-state index in [-0.39, 0.29) is 4.69 Å². The van der Waals surface area contributed by atoms with E-state index in [9.17, 15) is 4.79 Å². The summed E-state index contributed by atoms with van der Waals surface area (Å²) in [6.45, 7) is 0. The Hall–Kier alpha value is -1.01. The Morgan fingerprint density at radius 1 is 1.47 bits per heavy atom. The summed E-state index contributed by atoms with van der Waals surface area (Å²) in [6.07, 6.45) is 1.55. The highest BCUT2D eigenvalue weighted by atomic mass is 79.9. The third-order valence-corrected chi connectivity index (χ3v) is 4.24. The molecule has 0 aliphatic rings. The van der Waals surface area contributed by atoms with E-state index in [1.165, 1.54) is 7.11 Å². The maximum absolute atomic E-state index is 11.3. The van der Waals surface area contributed by atoms with E-state index in [2.05, 4.69) is 41.8 Å². The monoisotopic (exact) mass is 358 g/mol. The molecule has 2 aromatic rings. The molecule has 1 heterocycles. The molecule has 0 bridgehead atoms. The van der Waals surface area contributed by atoms with Crippen molar-refractivity contribution in [2.24, 2.45) is 0 Å². The van der Waals surface area contributed by atoms with E-state index < -0.39 is 4.83 Å². The molecule has 0 spiro atoms. The van der Waals surface area contributed by atoms with Crippen molar-refractivity contribution in [3.8, 4) is 5.88 Å². The van der Waals surface area contributed by atoms with Gasteiger partial charge in [-0.1, -0.05) is 28.1 Å². The van der Waals surface area contributed by atoms with Crippen LogP contribution in [0.1, 0.15) is 10.4 Å². The third-order valence-electron chi connectivity index (χ3n) is 2.26. The first-order valence-corrected chi connectivity index (χ1v) is 6.47. The van der Waals surface area contributed by atoms with Gasteiger partial charge in [-0.3, -0.25) is 4.79 Å². The van der Waals surface area contributed by atoms with Crippen molar-refractivity contribution in [2.75, 3.05) is 7.11 Å². The summed E-state index contributed by atoms with van der Waals surface area (Å²) in [5.41, 5.74) is 2.14. The van der Waals surface area contributed by atoms with Gasteiger partial charge < -0.3 is 4.74 Å². The van der Waals surface area contributed by atoms with Crippen LogP contribution in [0.4, 0.5) is 0 Å². The van der Waals surface area contributed by atoms with Gasteiger partial charge in [0.2, 0.25) is 10.6 Å². The molecule has 0 saturated carbocycles. The van der Waals surface area contributed by atoms with Crippen molar-refractivity contribution in [1.82, 2.24) is 9.97 Å². The number of aromatic nitrogens is 2. The molecule has 6 heteroatoms. The summed E-state index contributed by atoms with van der Waals surface area (Å²) < 4.78 is 4.87. The van der Waals surface area contributed by atoms with Gasteiger partial charge >= 0.3 is 0 Å². The minimum absolute atomic E-state index is 0.158. The zero-order chi connectivity index (χ0) is 12.4. The molecule has 1 aromatic heterocycles. The Bertz CT molecular complexity index is 574. The van der Waals surface area contributed by atoms with Crippen LogP contribution in [0.2, 0.25) is 0 Å². The average Bonchev–Trinajstić information content (AvgIpc) is 2.36. The van der Waals surface area contributed by atoms with E-state index in [4.69, 9.17) is 4.74 Å². The van der Waals surface area contributed by atoms with Gasteiger partial charge in [-0.25, -0.2) is 9.97 Å². The van der Waals surface area contributed by atoms with Gasteiger partial charge in [0.15, 0.2) is 0 Å². The molecule has 0 radical (unpaired) electrons. The number of rotatable bonds is 3. The van der Waals surface area contributed by atoms with Gasteiger partial charge in [0.25, 0.3) is 0 Å². The molecule has 0 aliphatic heterocycles. The summed E-state index contributed by atoms with van der Waals surface area (Å²) in [7, 11) is 1.53. The van der Waals surface area contributed by atoms with E-state index in [0.717, 1.165) is 11.1 Å². The molecule has 88 valence electrons. The van der Waals surface area contributed by atoms with Gasteiger partial charge in [0, 0.05) is 5.56 Å². The quantitative estimate of drug-likeness (QED) is 0.624. The molecule has 1 aromatic carbocycles. The van der Waals surface area contributed by atoms with Crippen molar-refractivity contribution < 1.29 is 9.53 Å². The number of nitrogens with zero attached hydrogens (tertiary/aromatic N) is 2. The van der Waals surface area contributed by atoms with E-state index in [1.807, 2.05) is 18.2 Å². The first-order chi connectivity index (χ1) is 8.13. The van der Waals surface area contributed by atoms with E-state index in [1.54, 1.807) is 6.20 Å². The summed E-state index contributed by atoms with van der Waals surface area (Å²) in [6, 6.07) is 5.50. The molecule has 4 nitrogen and oxygen atoms in total. The standard InChI is InChI=1S/C11H8Br2N2O2/c1-17-8-5-14-7-4-2-3-6(10(7)15-8)9(12)11(13)16/h2-5,9H,1H3. The molecule has 0 N–H and O–H groups in total.